The second-order valence-corrected chi connectivity index (χ2v) is 6.50. The Bertz CT molecular complexity index is 330. The van der Waals surface area contributed by atoms with Crippen LogP contribution in [0.1, 0.15) is 53.4 Å². The van der Waals surface area contributed by atoms with Crippen molar-refractivity contribution in [3.05, 3.63) is 0 Å². The molecule has 0 aromatic carbocycles. The van der Waals surface area contributed by atoms with Crippen LogP contribution in [0, 0.1) is 5.41 Å². The average Bonchev–Trinajstić information content (AvgIpc) is 2.77. The first-order valence-corrected chi connectivity index (χ1v) is 7.00. The fourth-order valence-electron chi connectivity index (χ4n) is 2.21. The van der Waals surface area contributed by atoms with Crippen LogP contribution < -0.4 is 5.32 Å². The van der Waals surface area contributed by atoms with Crippen LogP contribution in [0.2, 0.25) is 0 Å². The number of rotatable bonds is 4. The van der Waals surface area contributed by atoms with Crippen LogP contribution in [0.15, 0.2) is 0 Å². The van der Waals surface area contributed by atoms with Gasteiger partial charge in [-0.2, -0.15) is 0 Å². The first kappa shape index (κ1) is 15.8. The second kappa shape index (κ2) is 6.26. The maximum absolute atomic E-state index is 12.3. The summed E-state index contributed by atoms with van der Waals surface area (Å²) < 4.78 is 0. The highest BCUT2D eigenvalue weighted by Gasteiger charge is 2.30. The van der Waals surface area contributed by atoms with Gasteiger partial charge < -0.3 is 15.3 Å². The first-order chi connectivity index (χ1) is 8.71. The van der Waals surface area contributed by atoms with Crippen molar-refractivity contribution in [3.63, 3.8) is 0 Å². The Kier molecular flexibility index (Phi) is 5.20. The molecule has 1 rings (SSSR count). The Morgan fingerprint density at radius 2 is 1.84 bits per heavy atom. The molecule has 2 N–H and O–H groups in total. The lowest BCUT2D eigenvalue weighted by atomic mass is 9.88. The zero-order valence-electron chi connectivity index (χ0n) is 12.4. The Balaban J connectivity index is 2.68. The molecule has 1 fully saturated rings. The molecule has 1 saturated carbocycles. The molecular weight excluding hydrogens is 244 g/mol. The Morgan fingerprint density at radius 1 is 1.32 bits per heavy atom. The minimum atomic E-state index is -0.953. The molecule has 1 aliphatic rings. The van der Waals surface area contributed by atoms with E-state index in [0.717, 1.165) is 25.7 Å². The average molecular weight is 270 g/mol. The summed E-state index contributed by atoms with van der Waals surface area (Å²) in [5, 5.41) is 11.9. The molecule has 5 heteroatoms. The zero-order valence-corrected chi connectivity index (χ0v) is 12.4. The van der Waals surface area contributed by atoms with Gasteiger partial charge in [0.15, 0.2) is 0 Å². The molecular formula is C14H26N2O3. The van der Waals surface area contributed by atoms with Crippen LogP contribution in [0.25, 0.3) is 0 Å². The summed E-state index contributed by atoms with van der Waals surface area (Å²) in [5.41, 5.74) is -0.0414. The van der Waals surface area contributed by atoms with Gasteiger partial charge in [0.25, 0.3) is 0 Å². The molecule has 0 aliphatic heterocycles. The van der Waals surface area contributed by atoms with Crippen molar-refractivity contribution in [1.29, 1.82) is 0 Å². The fourth-order valence-corrected chi connectivity index (χ4v) is 2.21. The minimum Gasteiger partial charge on any atom is -0.480 e. The van der Waals surface area contributed by atoms with Crippen LogP contribution in [0.3, 0.4) is 0 Å². The molecule has 1 unspecified atom stereocenters. The van der Waals surface area contributed by atoms with Gasteiger partial charge in [-0.1, -0.05) is 33.6 Å². The van der Waals surface area contributed by atoms with Crippen molar-refractivity contribution in [2.24, 2.45) is 5.41 Å². The molecule has 1 atom stereocenters. The Morgan fingerprint density at radius 3 is 2.26 bits per heavy atom. The van der Waals surface area contributed by atoms with Crippen molar-refractivity contribution in [2.45, 2.75) is 65.5 Å². The Hall–Kier alpha value is -1.26. The molecule has 0 saturated heterocycles. The number of hydrogen-bond donors (Lipinski definition) is 2. The summed E-state index contributed by atoms with van der Waals surface area (Å²) >= 11 is 0. The lowest BCUT2D eigenvalue weighted by Crippen LogP contribution is -2.52. The molecule has 0 bridgehead atoms. The van der Waals surface area contributed by atoms with E-state index in [4.69, 9.17) is 5.11 Å². The highest BCUT2D eigenvalue weighted by Crippen LogP contribution is 2.24. The standard InChI is InChI=1S/C14H26N2O3/c1-10(14(2,3)4)15-13(19)16(9-12(17)18)11-7-5-6-8-11/h10-11H,5-9H2,1-4H3,(H,15,19)(H,17,18). The zero-order chi connectivity index (χ0) is 14.6. The molecule has 5 nitrogen and oxygen atoms in total. The van der Waals surface area contributed by atoms with Gasteiger partial charge in [0, 0.05) is 12.1 Å². The largest absolute Gasteiger partial charge is 0.480 e. The molecule has 0 aromatic rings. The summed E-state index contributed by atoms with van der Waals surface area (Å²) in [6, 6.07) is -0.183. The third-order valence-corrected chi connectivity index (χ3v) is 3.97. The van der Waals surface area contributed by atoms with E-state index in [1.165, 1.54) is 4.90 Å². The van der Waals surface area contributed by atoms with Gasteiger partial charge in [0.05, 0.1) is 0 Å². The number of carboxylic acid groups (broad SMARTS) is 1. The monoisotopic (exact) mass is 270 g/mol. The SMILES string of the molecule is CC(NC(=O)N(CC(=O)O)C1CCCC1)C(C)(C)C. The van der Waals surface area contributed by atoms with Gasteiger partial charge in [-0.15, -0.1) is 0 Å². The molecule has 0 spiro atoms. The summed E-state index contributed by atoms with van der Waals surface area (Å²) in [6.45, 7) is 7.89. The normalized spacial score (nSPS) is 18.1. The van der Waals surface area contributed by atoms with E-state index in [-0.39, 0.29) is 30.1 Å². The molecule has 19 heavy (non-hydrogen) atoms. The number of nitrogens with zero attached hydrogens (tertiary/aromatic N) is 1. The number of urea groups is 1. The van der Waals surface area contributed by atoms with Gasteiger partial charge in [0.2, 0.25) is 0 Å². The molecule has 2 amide bonds. The second-order valence-electron chi connectivity index (χ2n) is 6.50. The quantitative estimate of drug-likeness (QED) is 0.824. The number of amides is 2. The summed E-state index contributed by atoms with van der Waals surface area (Å²) in [6.07, 6.45) is 3.96. The molecule has 0 heterocycles. The van der Waals surface area contributed by atoms with Crippen molar-refractivity contribution >= 4 is 12.0 Å². The van der Waals surface area contributed by atoms with Gasteiger partial charge >= 0.3 is 12.0 Å². The van der Waals surface area contributed by atoms with E-state index >= 15 is 0 Å². The third-order valence-electron chi connectivity index (χ3n) is 3.97. The van der Waals surface area contributed by atoms with Crippen LogP contribution in [0.5, 0.6) is 0 Å². The number of carbonyl (C=O) groups is 2. The highest BCUT2D eigenvalue weighted by atomic mass is 16.4. The third kappa shape index (κ3) is 4.73. The minimum absolute atomic E-state index is 0.00213. The van der Waals surface area contributed by atoms with Crippen LogP contribution in [-0.2, 0) is 4.79 Å². The van der Waals surface area contributed by atoms with Crippen molar-refractivity contribution in [3.8, 4) is 0 Å². The highest BCUT2D eigenvalue weighted by molar-refractivity contribution is 5.80. The Labute approximate surface area is 115 Å². The topological polar surface area (TPSA) is 69.6 Å². The maximum atomic E-state index is 12.3. The number of hydrogen-bond acceptors (Lipinski definition) is 2. The predicted molar refractivity (Wildman–Crippen MR) is 74.0 cm³/mol. The number of carboxylic acids is 1. The van der Waals surface area contributed by atoms with E-state index in [2.05, 4.69) is 26.1 Å². The van der Waals surface area contributed by atoms with E-state index in [0.29, 0.717) is 0 Å². The van der Waals surface area contributed by atoms with Crippen molar-refractivity contribution < 1.29 is 14.7 Å². The van der Waals surface area contributed by atoms with E-state index in [1.54, 1.807) is 0 Å². The predicted octanol–water partition coefficient (Wildman–Crippen LogP) is 2.46. The van der Waals surface area contributed by atoms with E-state index in [1.807, 2.05) is 6.92 Å². The van der Waals surface area contributed by atoms with Crippen LogP contribution in [-0.4, -0.2) is 40.6 Å². The van der Waals surface area contributed by atoms with Gasteiger partial charge in [0.1, 0.15) is 6.54 Å². The fraction of sp³-hybridized carbons (Fsp3) is 0.857. The lowest BCUT2D eigenvalue weighted by molar-refractivity contribution is -0.138. The number of aliphatic carboxylic acids is 1. The molecule has 1 aliphatic carbocycles. The van der Waals surface area contributed by atoms with Crippen molar-refractivity contribution in [1.82, 2.24) is 10.2 Å². The van der Waals surface area contributed by atoms with Crippen LogP contribution in [0.4, 0.5) is 4.79 Å². The smallest absolute Gasteiger partial charge is 0.323 e. The van der Waals surface area contributed by atoms with E-state index in [9.17, 15) is 9.59 Å². The molecule has 110 valence electrons. The van der Waals surface area contributed by atoms with Gasteiger partial charge in [-0.3, -0.25) is 4.79 Å². The number of nitrogens with one attached hydrogen (secondary N) is 1. The maximum Gasteiger partial charge on any atom is 0.323 e. The van der Waals surface area contributed by atoms with Gasteiger partial charge in [-0.05, 0) is 25.2 Å². The molecule has 0 aromatic heterocycles. The summed E-state index contributed by atoms with van der Waals surface area (Å²) in [7, 11) is 0. The molecule has 0 radical (unpaired) electrons. The van der Waals surface area contributed by atoms with Crippen LogP contribution >= 0.6 is 0 Å². The van der Waals surface area contributed by atoms with E-state index < -0.39 is 5.97 Å². The van der Waals surface area contributed by atoms with Gasteiger partial charge in [-0.25, -0.2) is 4.79 Å². The lowest BCUT2D eigenvalue weighted by Gasteiger charge is -2.33. The van der Waals surface area contributed by atoms with Crippen molar-refractivity contribution in [2.75, 3.05) is 6.54 Å². The summed E-state index contributed by atoms with van der Waals surface area (Å²) in [5.74, 6) is -0.953. The first-order valence-electron chi connectivity index (χ1n) is 7.00. The summed E-state index contributed by atoms with van der Waals surface area (Å²) in [4.78, 5) is 24.7. The number of carbonyl (C=O) groups excluding carboxylic acids is 1.